The Morgan fingerprint density at radius 1 is 1.24 bits per heavy atom. The van der Waals surface area contributed by atoms with Crippen molar-refractivity contribution in [2.75, 3.05) is 32.1 Å². The van der Waals surface area contributed by atoms with Gasteiger partial charge in [-0.1, -0.05) is 13.8 Å². The summed E-state index contributed by atoms with van der Waals surface area (Å²) in [5.41, 5.74) is 1.50. The Labute approximate surface area is 172 Å². The Balaban J connectivity index is 1.75. The third kappa shape index (κ3) is 4.78. The lowest BCUT2D eigenvalue weighted by Gasteiger charge is -2.37. The van der Waals surface area contributed by atoms with Gasteiger partial charge in [0.2, 0.25) is 5.91 Å². The molecular formula is C22H31N3O4. The number of carbonyl (C=O) groups is 3. The highest BCUT2D eigenvalue weighted by atomic mass is 16.5. The molecule has 0 spiro atoms. The monoisotopic (exact) mass is 401 g/mol. The number of Topliss-reactive ketones (excluding diaryl/α,β-unsaturated/α-hetero) is 1. The molecule has 1 aromatic carbocycles. The van der Waals surface area contributed by atoms with Gasteiger partial charge < -0.3 is 19.9 Å². The number of carbonyl (C=O) groups excluding carboxylic acids is 3. The summed E-state index contributed by atoms with van der Waals surface area (Å²) in [6.07, 6.45) is 1.89. The van der Waals surface area contributed by atoms with Gasteiger partial charge in [0.25, 0.3) is 5.91 Å². The summed E-state index contributed by atoms with van der Waals surface area (Å²) in [5.74, 6) is -0.296. The van der Waals surface area contributed by atoms with Crippen LogP contribution in [0.2, 0.25) is 0 Å². The fourth-order valence-electron chi connectivity index (χ4n) is 4.08. The number of nitrogens with zero attached hydrogens (tertiary/aromatic N) is 2. The maximum absolute atomic E-state index is 13.3. The zero-order valence-electron chi connectivity index (χ0n) is 17.7. The summed E-state index contributed by atoms with van der Waals surface area (Å²) in [5, 5.41) is 2.91. The van der Waals surface area contributed by atoms with Gasteiger partial charge in [-0.05, 0) is 49.4 Å². The van der Waals surface area contributed by atoms with Gasteiger partial charge in [0.15, 0.2) is 5.78 Å². The van der Waals surface area contributed by atoms with E-state index in [1.54, 1.807) is 17.0 Å². The van der Waals surface area contributed by atoms with Gasteiger partial charge in [0.1, 0.15) is 18.7 Å². The second-order valence-corrected chi connectivity index (χ2v) is 8.53. The van der Waals surface area contributed by atoms with Crippen LogP contribution in [0.3, 0.4) is 0 Å². The molecular weight excluding hydrogens is 370 g/mol. The van der Waals surface area contributed by atoms with Gasteiger partial charge >= 0.3 is 0 Å². The quantitative estimate of drug-likeness (QED) is 0.787. The van der Waals surface area contributed by atoms with Gasteiger partial charge in [0, 0.05) is 31.9 Å². The molecule has 2 saturated heterocycles. The number of fused-ring (bicyclic) bond motifs is 1. The molecule has 7 heteroatoms. The molecule has 0 aliphatic carbocycles. The molecule has 2 aliphatic rings. The molecule has 2 fully saturated rings. The highest BCUT2D eigenvalue weighted by Gasteiger charge is 2.45. The first kappa shape index (κ1) is 21.3. The van der Waals surface area contributed by atoms with Crippen LogP contribution in [0.4, 0.5) is 5.69 Å². The number of hydrogen-bond acceptors (Lipinski definition) is 5. The molecule has 3 unspecified atom stereocenters. The van der Waals surface area contributed by atoms with Crippen LogP contribution in [-0.4, -0.2) is 67.9 Å². The lowest BCUT2D eigenvalue weighted by Crippen LogP contribution is -2.58. The zero-order valence-corrected chi connectivity index (χ0v) is 17.7. The van der Waals surface area contributed by atoms with E-state index < -0.39 is 12.1 Å². The van der Waals surface area contributed by atoms with Crippen LogP contribution in [0.1, 0.15) is 43.5 Å². The number of rotatable bonds is 6. The van der Waals surface area contributed by atoms with E-state index in [1.807, 2.05) is 45.0 Å². The minimum absolute atomic E-state index is 0.0445. The first-order chi connectivity index (χ1) is 13.8. The Morgan fingerprint density at radius 2 is 1.93 bits per heavy atom. The number of nitrogens with one attached hydrogen (secondary N) is 1. The number of ether oxygens (including phenoxy) is 1. The van der Waals surface area contributed by atoms with Gasteiger partial charge in [-0.2, -0.15) is 0 Å². The molecule has 1 aromatic rings. The van der Waals surface area contributed by atoms with Crippen LogP contribution >= 0.6 is 0 Å². The normalized spacial score (nSPS) is 22.4. The standard InChI is InChI=1S/C22H31N3O4/c1-14(2)12-17(23-21(27)15-7-9-16(10-8-15)24(3)4)22(28)25-11-5-6-19-20(25)18(26)13-29-19/h7-10,14,17,19-20H,5-6,11-13H2,1-4H3,(H,23,27). The summed E-state index contributed by atoms with van der Waals surface area (Å²) < 4.78 is 5.56. The molecule has 29 heavy (non-hydrogen) atoms. The molecule has 0 aromatic heterocycles. The number of hydrogen-bond donors (Lipinski definition) is 1. The summed E-state index contributed by atoms with van der Waals surface area (Å²) in [4.78, 5) is 42.0. The van der Waals surface area contributed by atoms with E-state index in [9.17, 15) is 14.4 Å². The molecule has 3 rings (SSSR count). The number of amides is 2. The van der Waals surface area contributed by atoms with Crippen molar-refractivity contribution in [1.29, 1.82) is 0 Å². The van der Waals surface area contributed by atoms with E-state index in [2.05, 4.69) is 5.32 Å². The third-order valence-corrected chi connectivity index (χ3v) is 5.58. The predicted molar refractivity (Wildman–Crippen MR) is 111 cm³/mol. The number of anilines is 1. The average Bonchev–Trinajstić information content (AvgIpc) is 3.07. The Hall–Kier alpha value is -2.41. The molecule has 0 saturated carbocycles. The highest BCUT2D eigenvalue weighted by Crippen LogP contribution is 2.27. The number of piperidine rings is 1. The largest absolute Gasteiger partial charge is 0.378 e. The third-order valence-electron chi connectivity index (χ3n) is 5.58. The van der Waals surface area contributed by atoms with E-state index in [1.165, 1.54) is 0 Å². The second-order valence-electron chi connectivity index (χ2n) is 8.53. The lowest BCUT2D eigenvalue weighted by molar-refractivity contribution is -0.142. The number of likely N-dealkylation sites (tertiary alicyclic amines) is 1. The first-order valence-electron chi connectivity index (χ1n) is 10.3. The van der Waals surface area contributed by atoms with E-state index in [0.717, 1.165) is 18.5 Å². The maximum atomic E-state index is 13.3. The predicted octanol–water partition coefficient (Wildman–Crippen LogP) is 1.86. The summed E-state index contributed by atoms with van der Waals surface area (Å²) >= 11 is 0. The molecule has 2 aliphatic heterocycles. The van der Waals surface area contributed by atoms with Crippen LogP contribution in [0.15, 0.2) is 24.3 Å². The second kappa shape index (κ2) is 8.95. The van der Waals surface area contributed by atoms with E-state index in [-0.39, 0.29) is 36.2 Å². The van der Waals surface area contributed by atoms with Gasteiger partial charge in [-0.15, -0.1) is 0 Å². The zero-order chi connectivity index (χ0) is 21.1. The van der Waals surface area contributed by atoms with Crippen molar-refractivity contribution in [3.8, 4) is 0 Å². The highest BCUT2D eigenvalue weighted by molar-refractivity contribution is 5.99. The van der Waals surface area contributed by atoms with Crippen molar-refractivity contribution in [3.63, 3.8) is 0 Å². The average molecular weight is 402 g/mol. The topological polar surface area (TPSA) is 79.0 Å². The summed E-state index contributed by atoms with van der Waals surface area (Å²) in [7, 11) is 3.87. The minimum atomic E-state index is -0.664. The van der Waals surface area contributed by atoms with E-state index in [4.69, 9.17) is 4.74 Å². The Morgan fingerprint density at radius 3 is 2.55 bits per heavy atom. The van der Waals surface area contributed by atoms with Gasteiger partial charge in [0.05, 0.1) is 6.10 Å². The molecule has 1 N–H and O–H groups in total. The van der Waals surface area contributed by atoms with Crippen molar-refractivity contribution in [1.82, 2.24) is 10.2 Å². The lowest BCUT2D eigenvalue weighted by atomic mass is 9.95. The molecule has 7 nitrogen and oxygen atoms in total. The van der Waals surface area contributed by atoms with Crippen molar-refractivity contribution < 1.29 is 19.1 Å². The number of benzene rings is 1. The van der Waals surface area contributed by atoms with Crippen LogP contribution < -0.4 is 10.2 Å². The van der Waals surface area contributed by atoms with Gasteiger partial charge in [-0.3, -0.25) is 14.4 Å². The summed E-state index contributed by atoms with van der Waals surface area (Å²) in [6, 6.07) is 6.08. The Bertz CT molecular complexity index is 760. The van der Waals surface area contributed by atoms with E-state index >= 15 is 0 Å². The minimum Gasteiger partial charge on any atom is -0.378 e. The van der Waals surface area contributed by atoms with Crippen molar-refractivity contribution in [2.45, 2.75) is 51.3 Å². The van der Waals surface area contributed by atoms with Crippen LogP contribution in [0.5, 0.6) is 0 Å². The van der Waals surface area contributed by atoms with Crippen LogP contribution in [0, 0.1) is 5.92 Å². The first-order valence-corrected chi connectivity index (χ1v) is 10.3. The van der Waals surface area contributed by atoms with Crippen molar-refractivity contribution in [2.24, 2.45) is 5.92 Å². The Kier molecular flexibility index (Phi) is 6.57. The fraction of sp³-hybridized carbons (Fsp3) is 0.591. The molecule has 3 atom stereocenters. The molecule has 0 bridgehead atoms. The maximum Gasteiger partial charge on any atom is 0.251 e. The summed E-state index contributed by atoms with van der Waals surface area (Å²) in [6.45, 7) is 4.62. The van der Waals surface area contributed by atoms with Gasteiger partial charge in [-0.25, -0.2) is 0 Å². The molecule has 2 amide bonds. The SMILES string of the molecule is CC(C)CC(NC(=O)c1ccc(N(C)C)cc1)C(=O)N1CCCC2OCC(=O)C21. The van der Waals surface area contributed by atoms with Crippen LogP contribution in [-0.2, 0) is 14.3 Å². The molecule has 158 valence electrons. The smallest absolute Gasteiger partial charge is 0.251 e. The number of ketones is 1. The molecule has 2 heterocycles. The van der Waals surface area contributed by atoms with Crippen molar-refractivity contribution in [3.05, 3.63) is 29.8 Å². The van der Waals surface area contributed by atoms with Crippen molar-refractivity contribution >= 4 is 23.3 Å². The van der Waals surface area contributed by atoms with E-state index in [0.29, 0.717) is 18.5 Å². The fourth-order valence-corrected chi connectivity index (χ4v) is 4.08. The van der Waals surface area contributed by atoms with Crippen LogP contribution in [0.25, 0.3) is 0 Å². The molecule has 0 radical (unpaired) electrons.